The first-order valence-electron chi connectivity index (χ1n) is 7.68. The molecule has 0 aliphatic heterocycles. The molecule has 0 N–H and O–H groups in total. The van der Waals surface area contributed by atoms with Crippen LogP contribution in [0, 0.1) is 0 Å². The predicted molar refractivity (Wildman–Crippen MR) is 97.5 cm³/mol. The van der Waals surface area contributed by atoms with Crippen LogP contribution in [0.2, 0.25) is 5.02 Å². The Kier molecular flexibility index (Phi) is 6.94. The molecule has 0 unspecified atom stereocenters. The Labute approximate surface area is 139 Å². The van der Waals surface area contributed by atoms with E-state index in [4.69, 9.17) is 11.6 Å². The molecule has 0 fully saturated rings. The zero-order valence-electron chi connectivity index (χ0n) is 12.8. The number of nitrogens with zero attached hydrogens (tertiary/aromatic N) is 1. The number of unbranched alkanes of at least 4 members (excludes halogenated alkanes) is 2. The van der Waals surface area contributed by atoms with E-state index in [1.165, 1.54) is 53.9 Å². The molecule has 0 saturated carbocycles. The lowest BCUT2D eigenvalue weighted by Crippen LogP contribution is -2.29. The van der Waals surface area contributed by atoms with Crippen molar-refractivity contribution < 1.29 is 0 Å². The lowest BCUT2D eigenvalue weighted by Gasteiger charge is -2.00. The number of rotatable bonds is 7. The van der Waals surface area contributed by atoms with Gasteiger partial charge in [0.2, 0.25) is 0 Å². The van der Waals surface area contributed by atoms with E-state index in [0.717, 1.165) is 5.02 Å². The normalized spacial score (nSPS) is 10.8. The van der Waals surface area contributed by atoms with Crippen molar-refractivity contribution in [2.45, 2.75) is 39.5 Å². The second-order valence-electron chi connectivity index (χ2n) is 5.21. The molecule has 0 spiro atoms. The van der Waals surface area contributed by atoms with Crippen molar-refractivity contribution in [2.24, 2.45) is 0 Å². The third-order valence-corrected chi connectivity index (χ3v) is 6.19. The van der Waals surface area contributed by atoms with Crippen molar-refractivity contribution in [2.75, 3.05) is 13.1 Å². The van der Waals surface area contributed by atoms with E-state index < -0.39 is 0 Å². The van der Waals surface area contributed by atoms with Crippen molar-refractivity contribution in [3.8, 4) is 10.4 Å². The second-order valence-corrected chi connectivity index (χ2v) is 7.84. The highest BCUT2D eigenvalue weighted by atomic mass is 35.5. The Balaban J connectivity index is 2.28. The summed E-state index contributed by atoms with van der Waals surface area (Å²) in [6, 6.07) is 10.5. The molecule has 0 atom stereocenters. The maximum Gasteiger partial charge on any atom is 0.267 e. The Morgan fingerprint density at radius 3 is 2.14 bits per heavy atom. The highest BCUT2D eigenvalue weighted by Gasteiger charge is 2.09. The summed E-state index contributed by atoms with van der Waals surface area (Å²) in [6.07, 6.45) is 5.04. The minimum absolute atomic E-state index is 0.798. The van der Waals surface area contributed by atoms with Crippen molar-refractivity contribution >= 4 is 32.3 Å². The molecule has 21 heavy (non-hydrogen) atoms. The first-order valence-corrected chi connectivity index (χ1v) is 10.2. The van der Waals surface area contributed by atoms with Gasteiger partial charge in [0.05, 0.1) is 4.88 Å². The van der Waals surface area contributed by atoms with E-state index in [0.29, 0.717) is 0 Å². The lowest BCUT2D eigenvalue weighted by molar-refractivity contribution is 0.531. The Morgan fingerprint density at radius 1 is 0.952 bits per heavy atom. The molecule has 2 aromatic rings. The molecule has 2 rings (SSSR count). The van der Waals surface area contributed by atoms with Crippen molar-refractivity contribution in [3.63, 3.8) is 0 Å². The lowest BCUT2D eigenvalue weighted by atomic mass is 10.2. The van der Waals surface area contributed by atoms with Crippen LogP contribution in [0.25, 0.3) is 10.4 Å². The van der Waals surface area contributed by atoms with E-state index in [-0.39, 0.29) is 0 Å². The quantitative estimate of drug-likeness (QED) is 0.462. The molecule has 0 radical (unpaired) electrons. The highest BCUT2D eigenvalue weighted by Crippen LogP contribution is 2.26. The van der Waals surface area contributed by atoms with Crippen LogP contribution in [-0.4, -0.2) is 13.1 Å². The smallest absolute Gasteiger partial charge is 0.220 e. The highest BCUT2D eigenvalue weighted by molar-refractivity contribution is 7.69. The molecule has 0 bridgehead atoms. The van der Waals surface area contributed by atoms with Crippen molar-refractivity contribution in [1.29, 1.82) is 0 Å². The van der Waals surface area contributed by atoms with Gasteiger partial charge in [0.1, 0.15) is 13.1 Å². The molecule has 114 valence electrons. The molecule has 1 nitrogen and oxygen atoms in total. The van der Waals surface area contributed by atoms with Crippen molar-refractivity contribution in [1.82, 2.24) is 4.58 Å². The van der Waals surface area contributed by atoms with Crippen LogP contribution in [0.3, 0.4) is 0 Å². The molecule has 4 heteroatoms. The van der Waals surface area contributed by atoms with E-state index in [1.54, 1.807) is 0 Å². The van der Waals surface area contributed by atoms with Gasteiger partial charge in [-0.1, -0.05) is 60.8 Å². The summed E-state index contributed by atoms with van der Waals surface area (Å²) in [5.74, 6) is 0. The number of benzene rings is 1. The summed E-state index contributed by atoms with van der Waals surface area (Å²) >= 11 is 5.97. The molecule has 1 aromatic heterocycles. The average molecular weight is 341 g/mol. The number of hydrogen-bond donors (Lipinski definition) is 0. The summed E-state index contributed by atoms with van der Waals surface area (Å²) < 4.78 is 3.96. The van der Waals surface area contributed by atoms with Crippen LogP contribution in [0.1, 0.15) is 39.5 Å². The van der Waals surface area contributed by atoms with E-state index in [1.807, 2.05) is 32.8 Å². The summed E-state index contributed by atoms with van der Waals surface area (Å²) in [5, 5.41) is 0.798. The van der Waals surface area contributed by atoms with Gasteiger partial charge < -0.3 is 0 Å². The largest absolute Gasteiger partial charge is 0.267 e. The molecule has 0 amide bonds. The number of hydrogen-bond acceptors (Lipinski definition) is 2. The van der Waals surface area contributed by atoms with Crippen LogP contribution in [0.15, 0.2) is 30.3 Å². The van der Waals surface area contributed by atoms with Crippen LogP contribution in [0.5, 0.6) is 0 Å². The Hall–Kier alpha value is -0.640. The van der Waals surface area contributed by atoms with Gasteiger partial charge in [-0.2, -0.15) is 0 Å². The van der Waals surface area contributed by atoms with Gasteiger partial charge in [-0.05, 0) is 28.0 Å². The fourth-order valence-corrected chi connectivity index (χ4v) is 4.81. The minimum Gasteiger partial charge on any atom is -0.220 e. The fourth-order valence-electron chi connectivity index (χ4n) is 2.17. The summed E-state index contributed by atoms with van der Waals surface area (Å²) in [5.41, 5.74) is 1.26. The number of halogens is 1. The monoisotopic (exact) mass is 340 g/mol. The van der Waals surface area contributed by atoms with Crippen molar-refractivity contribution in [3.05, 3.63) is 40.0 Å². The van der Waals surface area contributed by atoms with Gasteiger partial charge in [0, 0.05) is 23.9 Å². The average Bonchev–Trinajstić information content (AvgIpc) is 2.98. The van der Waals surface area contributed by atoms with E-state index in [2.05, 4.69) is 36.6 Å². The molecule has 0 aliphatic rings. The molecular weight excluding hydrogens is 318 g/mol. The SMILES string of the molecule is CCCC[N+](CCCC)=c1cc(-c2ccc(Cl)cc2)ss1. The standard InChI is InChI=1S/C17H23ClNS2/c1-3-5-11-19(12-6-4-2)17-13-16(20-21-17)14-7-9-15(18)10-8-14/h7-10,13H,3-6,11-12H2,1-2H3/q+1. The molecule has 0 saturated heterocycles. The second kappa shape index (κ2) is 8.72. The molecule has 0 aliphatic carbocycles. The van der Waals surface area contributed by atoms with Gasteiger partial charge >= 0.3 is 0 Å². The first-order chi connectivity index (χ1) is 10.2. The van der Waals surface area contributed by atoms with Crippen LogP contribution >= 0.6 is 32.3 Å². The molecular formula is C17H23ClNS2+. The van der Waals surface area contributed by atoms with Crippen LogP contribution < -0.4 is 9.25 Å². The van der Waals surface area contributed by atoms with Gasteiger partial charge in [0.15, 0.2) is 0 Å². The summed E-state index contributed by atoms with van der Waals surface area (Å²) in [4.78, 5) is 1.34. The topological polar surface area (TPSA) is 3.01 Å². The maximum absolute atomic E-state index is 5.97. The van der Waals surface area contributed by atoms with Gasteiger partial charge in [0.25, 0.3) is 4.67 Å². The van der Waals surface area contributed by atoms with Gasteiger partial charge in [-0.25, -0.2) is 4.58 Å². The Bertz CT molecular complexity index is 600. The summed E-state index contributed by atoms with van der Waals surface area (Å²) in [6.45, 7) is 6.86. The minimum atomic E-state index is 0.798. The summed E-state index contributed by atoms with van der Waals surface area (Å²) in [7, 11) is 3.75. The van der Waals surface area contributed by atoms with E-state index >= 15 is 0 Å². The molecule has 1 aromatic carbocycles. The third-order valence-electron chi connectivity index (χ3n) is 3.47. The fraction of sp³-hybridized carbons (Fsp3) is 0.471. The zero-order chi connectivity index (χ0) is 15.1. The van der Waals surface area contributed by atoms with Crippen LogP contribution in [0.4, 0.5) is 0 Å². The third kappa shape index (κ3) is 4.94. The first kappa shape index (κ1) is 16.7. The van der Waals surface area contributed by atoms with E-state index in [9.17, 15) is 0 Å². The van der Waals surface area contributed by atoms with Gasteiger partial charge in [-0.15, -0.1) is 0 Å². The van der Waals surface area contributed by atoms with Crippen LogP contribution in [-0.2, 0) is 0 Å². The zero-order valence-corrected chi connectivity index (χ0v) is 15.2. The maximum atomic E-state index is 5.97. The molecule has 1 heterocycles. The Morgan fingerprint density at radius 2 is 1.57 bits per heavy atom. The van der Waals surface area contributed by atoms with Gasteiger partial charge in [-0.3, -0.25) is 0 Å². The predicted octanol–water partition coefficient (Wildman–Crippen LogP) is 5.50.